The average Bonchev–Trinajstić information content (AvgIpc) is 2.58. The summed E-state index contributed by atoms with van der Waals surface area (Å²) < 4.78 is 38.1. The van der Waals surface area contributed by atoms with Gasteiger partial charge in [0.05, 0.1) is 6.26 Å². The first-order valence-electron chi connectivity index (χ1n) is 8.30. The molecule has 0 aliphatic heterocycles. The molecule has 5 nitrogen and oxygen atoms in total. The zero-order valence-electron chi connectivity index (χ0n) is 14.9. The van der Waals surface area contributed by atoms with Gasteiger partial charge in [0.2, 0.25) is 10.0 Å². The van der Waals surface area contributed by atoms with E-state index in [4.69, 9.17) is 0 Å². The number of rotatable bonds is 8. The van der Waals surface area contributed by atoms with Crippen molar-refractivity contribution in [2.75, 3.05) is 25.9 Å². The summed E-state index contributed by atoms with van der Waals surface area (Å²) in [5.41, 5.74) is 2.38. The molecule has 0 aliphatic rings. The van der Waals surface area contributed by atoms with Crippen LogP contribution in [0.15, 0.2) is 48.5 Å². The number of hydrogen-bond donors (Lipinski definition) is 1. The van der Waals surface area contributed by atoms with Crippen LogP contribution in [-0.4, -0.2) is 44.5 Å². The second-order valence-electron chi connectivity index (χ2n) is 6.16. The van der Waals surface area contributed by atoms with Crippen molar-refractivity contribution in [1.82, 2.24) is 9.62 Å². The fourth-order valence-corrected chi connectivity index (χ4v) is 3.38. The molecule has 0 unspecified atom stereocenters. The highest BCUT2D eigenvalue weighted by Crippen LogP contribution is 2.07. The minimum Gasteiger partial charge on any atom is -0.351 e. The van der Waals surface area contributed by atoms with Crippen LogP contribution >= 0.6 is 0 Å². The number of carbonyl (C=O) groups is 1. The van der Waals surface area contributed by atoms with E-state index in [1.807, 2.05) is 13.0 Å². The maximum Gasteiger partial charge on any atom is 0.251 e. The summed E-state index contributed by atoms with van der Waals surface area (Å²) in [6.45, 7) is 2.56. The fraction of sp³-hybridized carbons (Fsp3) is 0.316. The van der Waals surface area contributed by atoms with E-state index in [1.165, 1.54) is 16.4 Å². The minimum atomic E-state index is -3.40. The molecule has 0 saturated heterocycles. The average molecular weight is 378 g/mol. The number of nitrogens with zero attached hydrogens (tertiary/aromatic N) is 1. The number of aryl methyl sites for hydroxylation is 1. The summed E-state index contributed by atoms with van der Waals surface area (Å²) in [6.07, 6.45) is 1.61. The Balaban J connectivity index is 1.89. The topological polar surface area (TPSA) is 66.5 Å². The van der Waals surface area contributed by atoms with E-state index in [0.717, 1.165) is 17.4 Å². The molecular weight excluding hydrogens is 355 g/mol. The van der Waals surface area contributed by atoms with Crippen molar-refractivity contribution in [1.29, 1.82) is 0 Å². The summed E-state index contributed by atoms with van der Waals surface area (Å²) in [7, 11) is -3.40. The van der Waals surface area contributed by atoms with E-state index in [0.29, 0.717) is 12.0 Å². The Bertz CT molecular complexity index is 851. The van der Waals surface area contributed by atoms with Crippen LogP contribution in [0.3, 0.4) is 0 Å². The number of hydrogen-bond acceptors (Lipinski definition) is 3. The molecule has 2 aromatic rings. The standard InChI is InChI=1S/C19H23FN2O3S/c1-15-4-3-5-17(14-15)19(23)21-11-13-22(26(2,24)25)12-10-16-6-8-18(20)9-7-16/h3-9,14H,10-13H2,1-2H3,(H,21,23). The molecule has 0 heterocycles. The van der Waals surface area contributed by atoms with Gasteiger partial charge in [0.25, 0.3) is 5.91 Å². The van der Waals surface area contributed by atoms with Crippen LogP contribution in [0.4, 0.5) is 4.39 Å². The van der Waals surface area contributed by atoms with Crippen molar-refractivity contribution in [3.63, 3.8) is 0 Å². The van der Waals surface area contributed by atoms with Gasteiger partial charge in [-0.05, 0) is 43.2 Å². The van der Waals surface area contributed by atoms with Crippen LogP contribution in [-0.2, 0) is 16.4 Å². The Morgan fingerprint density at radius 1 is 1.12 bits per heavy atom. The van der Waals surface area contributed by atoms with Gasteiger partial charge < -0.3 is 5.32 Å². The minimum absolute atomic E-state index is 0.178. The van der Waals surface area contributed by atoms with Gasteiger partial charge in [0.15, 0.2) is 0 Å². The van der Waals surface area contributed by atoms with Gasteiger partial charge in [-0.2, -0.15) is 0 Å². The molecule has 0 radical (unpaired) electrons. The molecule has 0 fully saturated rings. The second kappa shape index (κ2) is 8.91. The largest absolute Gasteiger partial charge is 0.351 e. The normalized spacial score (nSPS) is 11.5. The van der Waals surface area contributed by atoms with Crippen LogP contribution in [0.1, 0.15) is 21.5 Å². The lowest BCUT2D eigenvalue weighted by Gasteiger charge is -2.20. The van der Waals surface area contributed by atoms with E-state index in [1.54, 1.807) is 30.3 Å². The predicted molar refractivity (Wildman–Crippen MR) is 100 cm³/mol. The molecule has 2 rings (SSSR count). The molecule has 0 bridgehead atoms. The number of amides is 1. The smallest absolute Gasteiger partial charge is 0.251 e. The molecule has 2 aromatic carbocycles. The molecule has 7 heteroatoms. The molecule has 0 saturated carbocycles. The van der Waals surface area contributed by atoms with Gasteiger partial charge in [0, 0.05) is 25.2 Å². The van der Waals surface area contributed by atoms with Crippen LogP contribution in [0.2, 0.25) is 0 Å². The summed E-state index contributed by atoms with van der Waals surface area (Å²) in [5.74, 6) is -0.562. The molecule has 1 amide bonds. The van der Waals surface area contributed by atoms with Gasteiger partial charge >= 0.3 is 0 Å². The van der Waals surface area contributed by atoms with Crippen molar-refractivity contribution in [3.8, 4) is 0 Å². The van der Waals surface area contributed by atoms with Crippen LogP contribution in [0.25, 0.3) is 0 Å². The second-order valence-corrected chi connectivity index (χ2v) is 8.15. The highest BCUT2D eigenvalue weighted by molar-refractivity contribution is 7.88. The Morgan fingerprint density at radius 2 is 1.81 bits per heavy atom. The van der Waals surface area contributed by atoms with Gasteiger partial charge in [0.1, 0.15) is 5.82 Å². The third-order valence-corrected chi connectivity index (χ3v) is 5.26. The molecule has 26 heavy (non-hydrogen) atoms. The number of halogens is 1. The first-order valence-corrected chi connectivity index (χ1v) is 10.1. The van der Waals surface area contributed by atoms with E-state index < -0.39 is 10.0 Å². The molecule has 140 valence electrons. The van der Waals surface area contributed by atoms with Crippen molar-refractivity contribution < 1.29 is 17.6 Å². The monoisotopic (exact) mass is 378 g/mol. The maximum atomic E-state index is 12.9. The van der Waals surface area contributed by atoms with Crippen molar-refractivity contribution in [2.24, 2.45) is 0 Å². The lowest BCUT2D eigenvalue weighted by atomic mass is 10.1. The molecule has 0 aliphatic carbocycles. The van der Waals surface area contributed by atoms with Crippen LogP contribution in [0, 0.1) is 12.7 Å². The number of sulfonamides is 1. The SMILES string of the molecule is Cc1cccc(C(=O)NCCN(CCc2ccc(F)cc2)S(C)(=O)=O)c1. The number of nitrogens with one attached hydrogen (secondary N) is 1. The summed E-state index contributed by atoms with van der Waals surface area (Å²) in [5, 5.41) is 2.74. The summed E-state index contributed by atoms with van der Waals surface area (Å²) >= 11 is 0. The summed E-state index contributed by atoms with van der Waals surface area (Å²) in [6, 6.07) is 13.2. The molecule has 0 aromatic heterocycles. The van der Waals surface area contributed by atoms with Gasteiger partial charge in [-0.3, -0.25) is 4.79 Å². The molecular formula is C19H23FN2O3S. The van der Waals surface area contributed by atoms with Gasteiger partial charge in [-0.1, -0.05) is 29.8 Å². The molecule has 0 atom stereocenters. The molecule has 0 spiro atoms. The highest BCUT2D eigenvalue weighted by Gasteiger charge is 2.16. The third-order valence-electron chi connectivity index (χ3n) is 3.96. The van der Waals surface area contributed by atoms with Gasteiger partial charge in [-0.25, -0.2) is 17.1 Å². The fourth-order valence-electron chi connectivity index (χ4n) is 2.53. The van der Waals surface area contributed by atoms with E-state index in [9.17, 15) is 17.6 Å². The quantitative estimate of drug-likeness (QED) is 0.767. The summed E-state index contributed by atoms with van der Waals surface area (Å²) in [4.78, 5) is 12.1. The Morgan fingerprint density at radius 3 is 2.42 bits per heavy atom. The Labute approximate surface area is 153 Å². The van der Waals surface area contributed by atoms with Crippen molar-refractivity contribution in [3.05, 3.63) is 71.0 Å². The van der Waals surface area contributed by atoms with Crippen LogP contribution in [0.5, 0.6) is 0 Å². The van der Waals surface area contributed by atoms with E-state index in [-0.39, 0.29) is 31.4 Å². The van der Waals surface area contributed by atoms with Crippen LogP contribution < -0.4 is 5.32 Å². The predicted octanol–water partition coefficient (Wildman–Crippen LogP) is 2.37. The van der Waals surface area contributed by atoms with Crippen molar-refractivity contribution in [2.45, 2.75) is 13.3 Å². The zero-order chi connectivity index (χ0) is 19.2. The van der Waals surface area contributed by atoms with E-state index in [2.05, 4.69) is 5.32 Å². The molecule has 1 N–H and O–H groups in total. The third kappa shape index (κ3) is 6.24. The van der Waals surface area contributed by atoms with E-state index >= 15 is 0 Å². The first-order chi connectivity index (χ1) is 12.3. The van der Waals surface area contributed by atoms with Gasteiger partial charge in [-0.15, -0.1) is 0 Å². The Hall–Kier alpha value is -2.25. The van der Waals surface area contributed by atoms with Crippen molar-refractivity contribution >= 4 is 15.9 Å². The maximum absolute atomic E-state index is 12.9. The number of benzene rings is 2. The number of carbonyl (C=O) groups excluding carboxylic acids is 1. The lowest BCUT2D eigenvalue weighted by molar-refractivity contribution is 0.0951. The first kappa shape index (κ1) is 20.1. The highest BCUT2D eigenvalue weighted by atomic mass is 32.2. The Kier molecular flexibility index (Phi) is 6.88. The lowest BCUT2D eigenvalue weighted by Crippen LogP contribution is -2.39. The zero-order valence-corrected chi connectivity index (χ0v) is 15.7.